The van der Waals surface area contributed by atoms with Crippen molar-refractivity contribution in [1.29, 1.82) is 0 Å². The molecule has 1 amide bonds. The molecule has 0 radical (unpaired) electrons. The standard InChI is InChI=1S/C13H24BrNO/c1-3-5-7-11(4-2)13(16)15-9-6-8-12(15)10-14/h11-12H,3-10H2,1-2H3. The highest BCUT2D eigenvalue weighted by molar-refractivity contribution is 9.09. The zero-order valence-corrected chi connectivity index (χ0v) is 12.1. The third-order valence-electron chi connectivity index (χ3n) is 3.59. The summed E-state index contributed by atoms with van der Waals surface area (Å²) in [6.07, 6.45) is 6.76. The molecule has 1 heterocycles. The van der Waals surface area contributed by atoms with Crippen LogP contribution in [0.25, 0.3) is 0 Å². The molecule has 0 aromatic carbocycles. The van der Waals surface area contributed by atoms with E-state index in [-0.39, 0.29) is 5.92 Å². The van der Waals surface area contributed by atoms with E-state index in [9.17, 15) is 4.79 Å². The van der Waals surface area contributed by atoms with Crippen LogP contribution in [0.4, 0.5) is 0 Å². The summed E-state index contributed by atoms with van der Waals surface area (Å²) in [4.78, 5) is 14.5. The second-order valence-corrected chi connectivity index (χ2v) is 5.38. The minimum atomic E-state index is 0.264. The molecule has 3 heteroatoms. The first-order valence-corrected chi connectivity index (χ1v) is 7.73. The van der Waals surface area contributed by atoms with Crippen LogP contribution in [0.5, 0.6) is 0 Å². The second kappa shape index (κ2) is 7.31. The van der Waals surface area contributed by atoms with Gasteiger partial charge in [0.05, 0.1) is 0 Å². The van der Waals surface area contributed by atoms with Crippen LogP contribution in [0.2, 0.25) is 0 Å². The van der Waals surface area contributed by atoms with Crippen LogP contribution in [-0.2, 0) is 4.79 Å². The van der Waals surface area contributed by atoms with Gasteiger partial charge in [0.25, 0.3) is 0 Å². The van der Waals surface area contributed by atoms with Crippen molar-refractivity contribution in [3.63, 3.8) is 0 Å². The monoisotopic (exact) mass is 289 g/mol. The summed E-state index contributed by atoms with van der Waals surface area (Å²) in [5.41, 5.74) is 0. The summed E-state index contributed by atoms with van der Waals surface area (Å²) >= 11 is 3.51. The highest BCUT2D eigenvalue weighted by Crippen LogP contribution is 2.24. The molecule has 1 fully saturated rings. The van der Waals surface area contributed by atoms with Crippen molar-refractivity contribution in [1.82, 2.24) is 4.90 Å². The summed E-state index contributed by atoms with van der Waals surface area (Å²) < 4.78 is 0. The predicted molar refractivity (Wildman–Crippen MR) is 71.8 cm³/mol. The lowest BCUT2D eigenvalue weighted by Gasteiger charge is -2.27. The van der Waals surface area contributed by atoms with Crippen molar-refractivity contribution >= 4 is 21.8 Å². The average molecular weight is 290 g/mol. The molecule has 0 aliphatic carbocycles. The fourth-order valence-corrected chi connectivity index (χ4v) is 3.15. The molecule has 1 aliphatic heterocycles. The highest BCUT2D eigenvalue weighted by atomic mass is 79.9. The predicted octanol–water partition coefficient (Wildman–Crippen LogP) is 3.59. The first-order valence-electron chi connectivity index (χ1n) is 6.61. The lowest BCUT2D eigenvalue weighted by atomic mass is 9.97. The van der Waals surface area contributed by atoms with Gasteiger partial charge >= 0.3 is 0 Å². The SMILES string of the molecule is CCCCC(CC)C(=O)N1CCCC1CBr. The van der Waals surface area contributed by atoms with Gasteiger partial charge in [-0.1, -0.05) is 42.6 Å². The molecule has 94 valence electrons. The molecule has 16 heavy (non-hydrogen) atoms. The first kappa shape index (κ1) is 14.0. The van der Waals surface area contributed by atoms with Crippen LogP contribution < -0.4 is 0 Å². The van der Waals surface area contributed by atoms with Crippen LogP contribution >= 0.6 is 15.9 Å². The summed E-state index contributed by atoms with van der Waals surface area (Å²) in [7, 11) is 0. The van der Waals surface area contributed by atoms with Crippen LogP contribution in [0.1, 0.15) is 52.4 Å². The number of halogens is 1. The van der Waals surface area contributed by atoms with Crippen LogP contribution in [-0.4, -0.2) is 28.7 Å². The number of rotatable bonds is 6. The van der Waals surface area contributed by atoms with Gasteiger partial charge in [0, 0.05) is 23.8 Å². The molecule has 2 atom stereocenters. The van der Waals surface area contributed by atoms with Gasteiger partial charge in [-0.25, -0.2) is 0 Å². The molecule has 1 aliphatic rings. The molecule has 2 unspecified atom stereocenters. The van der Waals surface area contributed by atoms with Gasteiger partial charge in [-0.3, -0.25) is 4.79 Å². The van der Waals surface area contributed by atoms with E-state index in [1.165, 1.54) is 25.7 Å². The van der Waals surface area contributed by atoms with Crippen molar-refractivity contribution in [3.8, 4) is 0 Å². The Balaban J connectivity index is 2.52. The van der Waals surface area contributed by atoms with E-state index in [4.69, 9.17) is 0 Å². The largest absolute Gasteiger partial charge is 0.339 e. The Kier molecular flexibility index (Phi) is 6.40. The Morgan fingerprint density at radius 3 is 2.81 bits per heavy atom. The highest BCUT2D eigenvalue weighted by Gasteiger charge is 2.31. The summed E-state index contributed by atoms with van der Waals surface area (Å²) in [6.45, 7) is 5.30. The second-order valence-electron chi connectivity index (χ2n) is 4.73. The maximum absolute atomic E-state index is 12.4. The Morgan fingerprint density at radius 2 is 2.25 bits per heavy atom. The molecular weight excluding hydrogens is 266 g/mol. The smallest absolute Gasteiger partial charge is 0.225 e. The number of likely N-dealkylation sites (tertiary alicyclic amines) is 1. The minimum Gasteiger partial charge on any atom is -0.339 e. The number of carbonyl (C=O) groups excluding carboxylic acids is 1. The molecule has 0 aromatic rings. The zero-order valence-electron chi connectivity index (χ0n) is 10.5. The van der Waals surface area contributed by atoms with Crippen molar-refractivity contribution in [2.45, 2.75) is 58.4 Å². The lowest BCUT2D eigenvalue weighted by Crippen LogP contribution is -2.40. The van der Waals surface area contributed by atoms with Crippen LogP contribution in [0.3, 0.4) is 0 Å². The fourth-order valence-electron chi connectivity index (χ4n) is 2.47. The molecule has 2 nitrogen and oxygen atoms in total. The first-order chi connectivity index (χ1) is 7.74. The fraction of sp³-hybridized carbons (Fsp3) is 0.923. The van der Waals surface area contributed by atoms with E-state index in [1.807, 2.05) is 0 Å². The molecule has 1 saturated heterocycles. The van der Waals surface area contributed by atoms with Gasteiger partial charge in [0.15, 0.2) is 0 Å². The van der Waals surface area contributed by atoms with Crippen molar-refractivity contribution in [3.05, 3.63) is 0 Å². The molecule has 0 aromatic heterocycles. The van der Waals surface area contributed by atoms with Gasteiger partial charge in [-0.05, 0) is 25.7 Å². The summed E-state index contributed by atoms with van der Waals surface area (Å²) in [6, 6.07) is 0.447. The molecule has 0 spiro atoms. The third kappa shape index (κ3) is 3.47. The summed E-state index contributed by atoms with van der Waals surface area (Å²) in [5.74, 6) is 0.664. The summed E-state index contributed by atoms with van der Waals surface area (Å²) in [5, 5.41) is 0.933. The topological polar surface area (TPSA) is 20.3 Å². The number of nitrogens with zero attached hydrogens (tertiary/aromatic N) is 1. The number of carbonyl (C=O) groups is 1. The van der Waals surface area contributed by atoms with E-state index < -0.39 is 0 Å². The van der Waals surface area contributed by atoms with E-state index in [0.29, 0.717) is 11.9 Å². The third-order valence-corrected chi connectivity index (χ3v) is 4.33. The van der Waals surface area contributed by atoms with Crippen molar-refractivity contribution in [2.24, 2.45) is 5.92 Å². The number of hydrogen-bond acceptors (Lipinski definition) is 1. The Morgan fingerprint density at radius 1 is 1.50 bits per heavy atom. The average Bonchev–Trinajstić information content (AvgIpc) is 2.77. The van der Waals surface area contributed by atoms with E-state index in [2.05, 4.69) is 34.7 Å². The van der Waals surface area contributed by atoms with Gasteiger partial charge in [0.2, 0.25) is 5.91 Å². The maximum Gasteiger partial charge on any atom is 0.225 e. The number of hydrogen-bond donors (Lipinski definition) is 0. The molecule has 0 saturated carbocycles. The number of alkyl halides is 1. The van der Waals surface area contributed by atoms with Gasteiger partial charge in [-0.2, -0.15) is 0 Å². The Hall–Kier alpha value is -0.0500. The zero-order chi connectivity index (χ0) is 12.0. The maximum atomic E-state index is 12.4. The van der Waals surface area contributed by atoms with Gasteiger partial charge < -0.3 is 4.90 Å². The van der Waals surface area contributed by atoms with Crippen molar-refractivity contribution < 1.29 is 4.79 Å². The Labute approximate surface area is 108 Å². The van der Waals surface area contributed by atoms with E-state index in [1.54, 1.807) is 0 Å². The van der Waals surface area contributed by atoms with E-state index in [0.717, 1.165) is 24.7 Å². The molecule has 0 N–H and O–H groups in total. The number of unbranched alkanes of at least 4 members (excludes halogenated alkanes) is 1. The quantitative estimate of drug-likeness (QED) is 0.685. The lowest BCUT2D eigenvalue weighted by molar-refractivity contribution is -0.136. The van der Waals surface area contributed by atoms with E-state index >= 15 is 0 Å². The van der Waals surface area contributed by atoms with Gasteiger partial charge in [0.1, 0.15) is 0 Å². The molecule has 0 bridgehead atoms. The van der Waals surface area contributed by atoms with Gasteiger partial charge in [-0.15, -0.1) is 0 Å². The Bertz CT molecular complexity index is 220. The molecule has 1 rings (SSSR count). The molecular formula is C13H24BrNO. The normalized spacial score (nSPS) is 22.4. The number of amides is 1. The van der Waals surface area contributed by atoms with Crippen LogP contribution in [0.15, 0.2) is 0 Å². The minimum absolute atomic E-state index is 0.264. The van der Waals surface area contributed by atoms with Crippen molar-refractivity contribution in [2.75, 3.05) is 11.9 Å². The van der Waals surface area contributed by atoms with Crippen LogP contribution in [0, 0.1) is 5.92 Å².